The van der Waals surface area contributed by atoms with Gasteiger partial charge in [0.15, 0.2) is 0 Å². The van der Waals surface area contributed by atoms with Crippen LogP contribution in [0.3, 0.4) is 0 Å². The van der Waals surface area contributed by atoms with E-state index >= 15 is 0 Å². The molecule has 0 aliphatic rings. The van der Waals surface area contributed by atoms with Gasteiger partial charge in [0.1, 0.15) is 6.04 Å². The maximum Gasteiger partial charge on any atom is 0.312 e. The Morgan fingerprint density at radius 1 is 1.11 bits per heavy atom. The molecule has 0 aliphatic carbocycles. The summed E-state index contributed by atoms with van der Waals surface area (Å²) in [5.74, 6) is -0.880. The molecule has 0 saturated carbocycles. The maximum absolute atomic E-state index is 12.6. The standard InChI is InChI=1S/C18H29N5O4/c1-11(2)15(19)17(26)23-14(4-3-9-21-18(20)27)16(25)22-13-7-5-12(10-24)6-8-13/h5-8,11,14-15,24H,3-4,9-10,19H2,1-2H3,(H,22,25)(H,23,26)(H3,20,21,27)/t14?,15-/m0/s1. The van der Waals surface area contributed by atoms with E-state index in [0.29, 0.717) is 18.5 Å². The number of nitrogens with two attached hydrogens (primary N) is 2. The fraction of sp³-hybridized carbons (Fsp3) is 0.500. The van der Waals surface area contributed by atoms with Gasteiger partial charge in [0.05, 0.1) is 12.6 Å². The summed E-state index contributed by atoms with van der Waals surface area (Å²) in [6.07, 6.45) is 0.749. The third kappa shape index (κ3) is 8.06. The third-order valence-corrected chi connectivity index (χ3v) is 4.03. The average Bonchev–Trinajstić information content (AvgIpc) is 2.63. The smallest absolute Gasteiger partial charge is 0.312 e. The molecule has 1 rings (SSSR count). The molecule has 0 aromatic heterocycles. The van der Waals surface area contributed by atoms with Crippen LogP contribution in [0.15, 0.2) is 24.3 Å². The van der Waals surface area contributed by atoms with Gasteiger partial charge in [-0.3, -0.25) is 9.59 Å². The zero-order chi connectivity index (χ0) is 20.4. The first-order chi connectivity index (χ1) is 12.7. The van der Waals surface area contributed by atoms with Gasteiger partial charge in [-0.1, -0.05) is 26.0 Å². The number of nitrogens with one attached hydrogen (secondary N) is 3. The van der Waals surface area contributed by atoms with Crippen molar-refractivity contribution < 1.29 is 19.5 Å². The van der Waals surface area contributed by atoms with Crippen LogP contribution < -0.4 is 27.4 Å². The number of amides is 4. The van der Waals surface area contributed by atoms with Crippen molar-refractivity contribution in [3.05, 3.63) is 29.8 Å². The molecule has 0 radical (unpaired) electrons. The molecule has 1 aromatic carbocycles. The van der Waals surface area contributed by atoms with Crippen molar-refractivity contribution in [1.82, 2.24) is 10.6 Å². The van der Waals surface area contributed by atoms with Gasteiger partial charge in [0.25, 0.3) is 0 Å². The van der Waals surface area contributed by atoms with Crippen LogP contribution in [0.5, 0.6) is 0 Å². The molecule has 8 N–H and O–H groups in total. The summed E-state index contributed by atoms with van der Waals surface area (Å²) in [5, 5.41) is 16.9. The SMILES string of the molecule is CC(C)[C@H](N)C(=O)NC(CCCNC(N)=O)C(=O)Nc1ccc(CO)cc1. The van der Waals surface area contributed by atoms with E-state index in [0.717, 1.165) is 5.56 Å². The first-order valence-electron chi connectivity index (χ1n) is 8.84. The molecule has 1 unspecified atom stereocenters. The molecule has 150 valence electrons. The molecular formula is C18H29N5O4. The molecule has 0 heterocycles. The number of urea groups is 1. The third-order valence-electron chi connectivity index (χ3n) is 4.03. The fourth-order valence-electron chi connectivity index (χ4n) is 2.28. The van der Waals surface area contributed by atoms with E-state index in [1.54, 1.807) is 24.3 Å². The van der Waals surface area contributed by atoms with Gasteiger partial charge in [-0.25, -0.2) is 4.79 Å². The molecule has 1 aromatic rings. The van der Waals surface area contributed by atoms with Crippen molar-refractivity contribution in [1.29, 1.82) is 0 Å². The van der Waals surface area contributed by atoms with Crippen LogP contribution in [-0.4, -0.2) is 41.6 Å². The number of hydrogen-bond donors (Lipinski definition) is 6. The van der Waals surface area contributed by atoms with Crippen molar-refractivity contribution in [2.24, 2.45) is 17.4 Å². The van der Waals surface area contributed by atoms with Crippen molar-refractivity contribution in [2.45, 2.75) is 45.4 Å². The highest BCUT2D eigenvalue weighted by atomic mass is 16.3. The molecule has 0 fully saturated rings. The Bertz CT molecular complexity index is 633. The van der Waals surface area contributed by atoms with Gasteiger partial charge < -0.3 is 32.5 Å². The van der Waals surface area contributed by atoms with Crippen molar-refractivity contribution in [2.75, 3.05) is 11.9 Å². The lowest BCUT2D eigenvalue weighted by Crippen LogP contribution is -2.51. The molecule has 9 heteroatoms. The Morgan fingerprint density at radius 3 is 2.26 bits per heavy atom. The molecule has 4 amide bonds. The fourth-order valence-corrected chi connectivity index (χ4v) is 2.28. The lowest BCUT2D eigenvalue weighted by atomic mass is 10.0. The van der Waals surface area contributed by atoms with Crippen LogP contribution in [0.2, 0.25) is 0 Å². The van der Waals surface area contributed by atoms with E-state index in [2.05, 4.69) is 16.0 Å². The van der Waals surface area contributed by atoms with Crippen LogP contribution >= 0.6 is 0 Å². The van der Waals surface area contributed by atoms with E-state index in [9.17, 15) is 14.4 Å². The second-order valence-electron chi connectivity index (χ2n) is 6.61. The molecule has 0 aliphatic heterocycles. The van der Waals surface area contributed by atoms with Crippen LogP contribution in [0.4, 0.5) is 10.5 Å². The van der Waals surface area contributed by atoms with E-state index < -0.39 is 29.9 Å². The Hall–Kier alpha value is -2.65. The Labute approximate surface area is 158 Å². The van der Waals surface area contributed by atoms with Crippen LogP contribution in [0, 0.1) is 5.92 Å². The molecule has 9 nitrogen and oxygen atoms in total. The predicted octanol–water partition coefficient (Wildman–Crippen LogP) is 0.0340. The summed E-state index contributed by atoms with van der Waals surface area (Å²) in [6, 6.07) is 4.52. The number of primary amides is 1. The van der Waals surface area contributed by atoms with Gasteiger partial charge in [0, 0.05) is 12.2 Å². The topological polar surface area (TPSA) is 160 Å². The zero-order valence-corrected chi connectivity index (χ0v) is 15.7. The van der Waals surface area contributed by atoms with Gasteiger partial charge in [-0.15, -0.1) is 0 Å². The number of aliphatic hydroxyl groups excluding tert-OH is 1. The summed E-state index contributed by atoms with van der Waals surface area (Å²) in [6.45, 7) is 3.83. The predicted molar refractivity (Wildman–Crippen MR) is 103 cm³/mol. The minimum Gasteiger partial charge on any atom is -0.392 e. The highest BCUT2D eigenvalue weighted by molar-refractivity contribution is 5.97. The summed E-state index contributed by atoms with van der Waals surface area (Å²) >= 11 is 0. The monoisotopic (exact) mass is 379 g/mol. The molecule has 2 atom stereocenters. The summed E-state index contributed by atoms with van der Waals surface area (Å²) in [4.78, 5) is 35.6. The van der Waals surface area contributed by atoms with E-state index in [1.807, 2.05) is 13.8 Å². The summed E-state index contributed by atoms with van der Waals surface area (Å²) in [5.41, 5.74) is 12.1. The van der Waals surface area contributed by atoms with Gasteiger partial charge >= 0.3 is 6.03 Å². The molecular weight excluding hydrogens is 350 g/mol. The maximum atomic E-state index is 12.6. The lowest BCUT2D eigenvalue weighted by Gasteiger charge is -2.22. The van der Waals surface area contributed by atoms with Gasteiger partial charge in [0.2, 0.25) is 11.8 Å². The lowest BCUT2D eigenvalue weighted by molar-refractivity contribution is -0.128. The Morgan fingerprint density at radius 2 is 1.74 bits per heavy atom. The summed E-state index contributed by atoms with van der Waals surface area (Å²) in [7, 11) is 0. The molecule has 0 saturated heterocycles. The Kier molecular flexibility index (Phi) is 9.24. The second kappa shape index (κ2) is 11.1. The molecule has 0 bridgehead atoms. The van der Waals surface area contributed by atoms with Crippen LogP contribution in [-0.2, 0) is 16.2 Å². The number of rotatable bonds is 10. The first kappa shape index (κ1) is 22.4. The highest BCUT2D eigenvalue weighted by Crippen LogP contribution is 2.11. The molecule has 27 heavy (non-hydrogen) atoms. The number of carbonyl (C=O) groups excluding carboxylic acids is 3. The largest absolute Gasteiger partial charge is 0.392 e. The quantitative estimate of drug-likeness (QED) is 0.316. The number of benzene rings is 1. The van der Waals surface area contributed by atoms with E-state index in [4.69, 9.17) is 16.6 Å². The normalized spacial score (nSPS) is 12.9. The zero-order valence-electron chi connectivity index (χ0n) is 15.7. The van der Waals surface area contributed by atoms with Crippen LogP contribution in [0.1, 0.15) is 32.3 Å². The van der Waals surface area contributed by atoms with Crippen molar-refractivity contribution >= 4 is 23.5 Å². The number of anilines is 1. The number of carbonyl (C=O) groups is 3. The summed E-state index contributed by atoms with van der Waals surface area (Å²) < 4.78 is 0. The number of aliphatic hydroxyl groups is 1. The molecule has 0 spiro atoms. The average molecular weight is 379 g/mol. The second-order valence-corrected chi connectivity index (χ2v) is 6.61. The van der Waals surface area contributed by atoms with Crippen LogP contribution in [0.25, 0.3) is 0 Å². The van der Waals surface area contributed by atoms with E-state index in [-0.39, 0.29) is 19.1 Å². The van der Waals surface area contributed by atoms with Crippen molar-refractivity contribution in [3.63, 3.8) is 0 Å². The Balaban J connectivity index is 2.75. The van der Waals surface area contributed by atoms with Gasteiger partial charge in [-0.2, -0.15) is 0 Å². The van der Waals surface area contributed by atoms with Crippen molar-refractivity contribution in [3.8, 4) is 0 Å². The minimum atomic E-state index is -0.811. The number of hydrogen-bond acceptors (Lipinski definition) is 5. The van der Waals surface area contributed by atoms with Gasteiger partial charge in [-0.05, 0) is 36.5 Å². The van der Waals surface area contributed by atoms with E-state index in [1.165, 1.54) is 0 Å². The first-order valence-corrected chi connectivity index (χ1v) is 8.84. The minimum absolute atomic E-state index is 0.0729. The highest BCUT2D eigenvalue weighted by Gasteiger charge is 2.25.